The van der Waals surface area contributed by atoms with Gasteiger partial charge in [0.05, 0.1) is 6.10 Å². The van der Waals surface area contributed by atoms with Gasteiger partial charge < -0.3 is 9.64 Å². The van der Waals surface area contributed by atoms with Gasteiger partial charge in [0.1, 0.15) is 0 Å². The van der Waals surface area contributed by atoms with Gasteiger partial charge in [-0.1, -0.05) is 0 Å². The van der Waals surface area contributed by atoms with Crippen molar-refractivity contribution in [2.75, 3.05) is 27.2 Å². The quantitative estimate of drug-likeness (QED) is 0.571. The molecule has 1 aliphatic rings. The average molecular weight is 143 g/mol. The van der Waals surface area contributed by atoms with Gasteiger partial charge in [-0.25, -0.2) is 0 Å². The van der Waals surface area contributed by atoms with Crippen molar-refractivity contribution in [2.24, 2.45) is 5.92 Å². The first-order valence-corrected chi connectivity index (χ1v) is 3.96. The third-order valence-corrected chi connectivity index (χ3v) is 2.13. The minimum absolute atomic E-state index is 0.474. The molecule has 0 aromatic rings. The number of hydrogen-bond acceptors (Lipinski definition) is 2. The molecule has 0 saturated carbocycles. The fourth-order valence-corrected chi connectivity index (χ4v) is 1.48. The molecule has 1 rings (SSSR count). The molecular weight excluding hydrogens is 126 g/mol. The largest absolute Gasteiger partial charge is 0.378 e. The second-order valence-electron chi connectivity index (χ2n) is 3.39. The van der Waals surface area contributed by atoms with Gasteiger partial charge in [0, 0.05) is 13.2 Å². The highest BCUT2D eigenvalue weighted by Gasteiger charge is 2.23. The first-order chi connectivity index (χ1) is 4.70. The van der Waals surface area contributed by atoms with Crippen LogP contribution in [0.1, 0.15) is 13.3 Å². The van der Waals surface area contributed by atoms with Crippen LogP contribution in [0.5, 0.6) is 0 Å². The normalized spacial score (nSPS) is 33.6. The second-order valence-corrected chi connectivity index (χ2v) is 3.39. The number of ether oxygens (including phenoxy) is 1. The Kier molecular flexibility index (Phi) is 2.69. The van der Waals surface area contributed by atoms with Crippen LogP contribution in [0.15, 0.2) is 0 Å². The van der Waals surface area contributed by atoms with Gasteiger partial charge in [0.25, 0.3) is 0 Å². The summed E-state index contributed by atoms with van der Waals surface area (Å²) < 4.78 is 5.44. The molecule has 2 heteroatoms. The van der Waals surface area contributed by atoms with Crippen LogP contribution in [0.2, 0.25) is 0 Å². The summed E-state index contributed by atoms with van der Waals surface area (Å²) in [5.41, 5.74) is 0. The highest BCUT2D eigenvalue weighted by atomic mass is 16.5. The maximum absolute atomic E-state index is 5.44. The van der Waals surface area contributed by atoms with Crippen LogP contribution in [0, 0.1) is 5.92 Å². The van der Waals surface area contributed by atoms with Crippen LogP contribution in [0.4, 0.5) is 0 Å². The molecule has 2 nitrogen and oxygen atoms in total. The molecule has 1 saturated heterocycles. The van der Waals surface area contributed by atoms with Gasteiger partial charge in [-0.2, -0.15) is 0 Å². The van der Waals surface area contributed by atoms with Gasteiger partial charge in [-0.05, 0) is 33.4 Å². The van der Waals surface area contributed by atoms with Crippen LogP contribution in [-0.4, -0.2) is 38.3 Å². The fraction of sp³-hybridized carbons (Fsp3) is 1.00. The van der Waals surface area contributed by atoms with Crippen molar-refractivity contribution < 1.29 is 4.74 Å². The van der Waals surface area contributed by atoms with Crippen molar-refractivity contribution in [1.82, 2.24) is 4.90 Å². The molecule has 2 unspecified atom stereocenters. The molecule has 1 heterocycles. The van der Waals surface area contributed by atoms with Gasteiger partial charge in [-0.15, -0.1) is 0 Å². The Bertz CT molecular complexity index is 103. The SMILES string of the molecule is CC1OCCC1CN(C)C. The highest BCUT2D eigenvalue weighted by Crippen LogP contribution is 2.20. The smallest absolute Gasteiger partial charge is 0.0588 e. The van der Waals surface area contributed by atoms with Gasteiger partial charge >= 0.3 is 0 Å². The maximum atomic E-state index is 5.44. The molecule has 0 bridgehead atoms. The zero-order valence-corrected chi connectivity index (χ0v) is 7.13. The van der Waals surface area contributed by atoms with E-state index in [0.29, 0.717) is 6.10 Å². The van der Waals surface area contributed by atoms with E-state index in [-0.39, 0.29) is 0 Å². The molecule has 0 aliphatic carbocycles. The van der Waals surface area contributed by atoms with Crippen molar-refractivity contribution in [3.63, 3.8) is 0 Å². The van der Waals surface area contributed by atoms with E-state index in [1.54, 1.807) is 0 Å². The van der Waals surface area contributed by atoms with Gasteiger partial charge in [0.15, 0.2) is 0 Å². The summed E-state index contributed by atoms with van der Waals surface area (Å²) in [5, 5.41) is 0. The number of rotatable bonds is 2. The van der Waals surface area contributed by atoms with Gasteiger partial charge in [0.2, 0.25) is 0 Å². The van der Waals surface area contributed by atoms with Crippen LogP contribution in [0.25, 0.3) is 0 Å². The summed E-state index contributed by atoms with van der Waals surface area (Å²) in [6, 6.07) is 0. The minimum atomic E-state index is 0.474. The van der Waals surface area contributed by atoms with E-state index in [9.17, 15) is 0 Å². The summed E-state index contributed by atoms with van der Waals surface area (Å²) in [5.74, 6) is 0.759. The van der Waals surface area contributed by atoms with E-state index in [4.69, 9.17) is 4.74 Å². The van der Waals surface area contributed by atoms with Crippen LogP contribution in [-0.2, 0) is 4.74 Å². The predicted molar refractivity (Wildman–Crippen MR) is 42.1 cm³/mol. The Balaban J connectivity index is 2.26. The molecule has 0 aromatic heterocycles. The molecule has 1 aliphatic heterocycles. The maximum Gasteiger partial charge on any atom is 0.0588 e. The van der Waals surface area contributed by atoms with Crippen molar-refractivity contribution in [2.45, 2.75) is 19.4 Å². The van der Waals surface area contributed by atoms with Crippen molar-refractivity contribution >= 4 is 0 Å². The Morgan fingerprint density at radius 2 is 2.20 bits per heavy atom. The van der Waals surface area contributed by atoms with Crippen molar-refractivity contribution in [1.29, 1.82) is 0 Å². The van der Waals surface area contributed by atoms with E-state index in [2.05, 4.69) is 25.9 Å². The van der Waals surface area contributed by atoms with E-state index >= 15 is 0 Å². The molecular formula is C8H17NO. The summed E-state index contributed by atoms with van der Waals surface area (Å²) in [6.45, 7) is 4.29. The fourth-order valence-electron chi connectivity index (χ4n) is 1.48. The predicted octanol–water partition coefficient (Wildman–Crippen LogP) is 0.973. The average Bonchev–Trinajstić information content (AvgIpc) is 2.15. The molecule has 0 N–H and O–H groups in total. The zero-order chi connectivity index (χ0) is 7.56. The standard InChI is InChI=1S/C8H17NO/c1-7-8(4-5-10-7)6-9(2)3/h7-8H,4-6H2,1-3H3. The van der Waals surface area contributed by atoms with E-state index in [1.165, 1.54) is 13.0 Å². The Morgan fingerprint density at radius 1 is 1.50 bits per heavy atom. The van der Waals surface area contributed by atoms with E-state index in [1.807, 2.05) is 0 Å². The lowest BCUT2D eigenvalue weighted by Gasteiger charge is -2.18. The molecule has 10 heavy (non-hydrogen) atoms. The van der Waals surface area contributed by atoms with Gasteiger partial charge in [-0.3, -0.25) is 0 Å². The van der Waals surface area contributed by atoms with E-state index < -0.39 is 0 Å². The summed E-state index contributed by atoms with van der Waals surface area (Å²) >= 11 is 0. The Morgan fingerprint density at radius 3 is 2.60 bits per heavy atom. The first-order valence-electron chi connectivity index (χ1n) is 3.96. The Labute approximate surface area is 63.2 Å². The first kappa shape index (κ1) is 8.02. The molecule has 0 amide bonds. The lowest BCUT2D eigenvalue weighted by Crippen LogP contribution is -2.25. The number of nitrogens with zero attached hydrogens (tertiary/aromatic N) is 1. The van der Waals surface area contributed by atoms with E-state index in [0.717, 1.165) is 12.5 Å². The lowest BCUT2D eigenvalue weighted by molar-refractivity contribution is 0.0984. The zero-order valence-electron chi connectivity index (χ0n) is 7.13. The van der Waals surface area contributed by atoms with Crippen molar-refractivity contribution in [3.05, 3.63) is 0 Å². The van der Waals surface area contributed by atoms with Crippen LogP contribution >= 0.6 is 0 Å². The minimum Gasteiger partial charge on any atom is -0.378 e. The third-order valence-electron chi connectivity index (χ3n) is 2.13. The van der Waals surface area contributed by atoms with Crippen LogP contribution < -0.4 is 0 Å². The van der Waals surface area contributed by atoms with Crippen LogP contribution in [0.3, 0.4) is 0 Å². The molecule has 0 radical (unpaired) electrons. The van der Waals surface area contributed by atoms with Crippen molar-refractivity contribution in [3.8, 4) is 0 Å². The second kappa shape index (κ2) is 3.35. The molecule has 60 valence electrons. The lowest BCUT2D eigenvalue weighted by atomic mass is 10.0. The summed E-state index contributed by atoms with van der Waals surface area (Å²) in [4.78, 5) is 2.23. The Hall–Kier alpha value is -0.0800. The highest BCUT2D eigenvalue weighted by molar-refractivity contribution is 4.73. The topological polar surface area (TPSA) is 12.5 Å². The molecule has 1 fully saturated rings. The monoisotopic (exact) mass is 143 g/mol. The summed E-state index contributed by atoms with van der Waals surface area (Å²) in [7, 11) is 4.23. The molecule has 0 spiro atoms. The number of hydrogen-bond donors (Lipinski definition) is 0. The molecule has 0 aromatic carbocycles. The summed E-state index contributed by atoms with van der Waals surface area (Å²) in [6.07, 6.45) is 1.71. The molecule has 2 atom stereocenters. The third kappa shape index (κ3) is 1.96.